The first-order chi connectivity index (χ1) is 13.6. The first-order valence-electron chi connectivity index (χ1n) is 10.1. The Bertz CT molecular complexity index is 893. The van der Waals surface area contributed by atoms with Gasteiger partial charge in [-0.3, -0.25) is 4.79 Å². The Kier molecular flexibility index (Phi) is 6.04. The largest absolute Gasteiger partial charge is 0.444 e. The Morgan fingerprint density at radius 2 is 1.90 bits per heavy atom. The number of aryl methyl sites for hydroxylation is 2. The highest BCUT2D eigenvalue weighted by molar-refractivity contribution is 5.78. The molecular formula is C20H30N6O3. The Balaban J connectivity index is 1.48. The van der Waals surface area contributed by atoms with Crippen molar-refractivity contribution in [1.82, 2.24) is 29.8 Å². The van der Waals surface area contributed by atoms with Gasteiger partial charge in [0, 0.05) is 31.0 Å². The summed E-state index contributed by atoms with van der Waals surface area (Å²) in [5.41, 5.74) is 1.32. The second kappa shape index (κ2) is 8.34. The highest BCUT2D eigenvalue weighted by Crippen LogP contribution is 2.18. The van der Waals surface area contributed by atoms with E-state index in [1.807, 2.05) is 45.6 Å². The number of aromatic nitrogens is 4. The lowest BCUT2D eigenvalue weighted by atomic mass is 9.96. The van der Waals surface area contributed by atoms with Crippen molar-refractivity contribution < 1.29 is 14.3 Å². The van der Waals surface area contributed by atoms with Gasteiger partial charge in [0.15, 0.2) is 5.82 Å². The fourth-order valence-electron chi connectivity index (χ4n) is 3.46. The molecule has 9 heteroatoms. The molecule has 9 nitrogen and oxygen atoms in total. The van der Waals surface area contributed by atoms with E-state index in [-0.39, 0.29) is 12.3 Å². The molecule has 3 heterocycles. The SMILES string of the molecule is Cc1cc(C)n2nc(CC(=O)N3CCC(CNC(=O)OC(C)(C)C)CC3)nc2n1. The number of alkyl carbamates (subject to hydrolysis) is 1. The van der Waals surface area contributed by atoms with Crippen molar-refractivity contribution in [1.29, 1.82) is 0 Å². The van der Waals surface area contributed by atoms with Gasteiger partial charge >= 0.3 is 6.09 Å². The smallest absolute Gasteiger partial charge is 0.407 e. The van der Waals surface area contributed by atoms with Crippen molar-refractivity contribution >= 4 is 17.8 Å². The Morgan fingerprint density at radius 3 is 2.55 bits per heavy atom. The molecule has 29 heavy (non-hydrogen) atoms. The Labute approximate surface area is 170 Å². The molecule has 1 saturated heterocycles. The van der Waals surface area contributed by atoms with Gasteiger partial charge < -0.3 is 15.0 Å². The van der Waals surface area contributed by atoms with Crippen LogP contribution in [0.1, 0.15) is 50.8 Å². The van der Waals surface area contributed by atoms with E-state index < -0.39 is 11.7 Å². The third kappa shape index (κ3) is 5.65. The summed E-state index contributed by atoms with van der Waals surface area (Å²) in [7, 11) is 0. The standard InChI is InChI=1S/C20H30N6O3/c1-13-10-14(2)26-18(22-13)23-16(24-26)11-17(27)25-8-6-15(7-9-25)12-21-19(28)29-20(3,4)5/h10,15H,6-9,11-12H2,1-5H3,(H,21,28). The lowest BCUT2D eigenvalue weighted by Crippen LogP contribution is -2.43. The average molecular weight is 402 g/mol. The van der Waals surface area contributed by atoms with Crippen LogP contribution in [0.5, 0.6) is 0 Å². The predicted octanol–water partition coefficient (Wildman–Crippen LogP) is 2.05. The molecule has 0 unspecified atom stereocenters. The van der Waals surface area contributed by atoms with Crippen molar-refractivity contribution in [2.24, 2.45) is 5.92 Å². The van der Waals surface area contributed by atoms with Gasteiger partial charge in [0.05, 0.1) is 6.42 Å². The van der Waals surface area contributed by atoms with E-state index in [4.69, 9.17) is 4.74 Å². The molecule has 0 saturated carbocycles. The van der Waals surface area contributed by atoms with E-state index in [0.29, 0.717) is 37.2 Å². The molecule has 1 N–H and O–H groups in total. The van der Waals surface area contributed by atoms with E-state index in [9.17, 15) is 9.59 Å². The fourth-order valence-corrected chi connectivity index (χ4v) is 3.46. The van der Waals surface area contributed by atoms with Gasteiger partial charge in [0.2, 0.25) is 5.91 Å². The summed E-state index contributed by atoms with van der Waals surface area (Å²) in [5.74, 6) is 1.38. The van der Waals surface area contributed by atoms with Gasteiger partial charge in [0.25, 0.3) is 5.78 Å². The zero-order chi connectivity index (χ0) is 21.2. The van der Waals surface area contributed by atoms with Crippen LogP contribution in [0.4, 0.5) is 4.79 Å². The van der Waals surface area contributed by atoms with E-state index in [1.54, 1.807) is 4.52 Å². The lowest BCUT2D eigenvalue weighted by Gasteiger charge is -2.32. The molecule has 2 amide bonds. The molecule has 2 aromatic rings. The minimum Gasteiger partial charge on any atom is -0.444 e. The predicted molar refractivity (Wildman–Crippen MR) is 108 cm³/mol. The molecule has 0 radical (unpaired) electrons. The van der Waals surface area contributed by atoms with Crippen LogP contribution in [0.25, 0.3) is 5.78 Å². The topological polar surface area (TPSA) is 102 Å². The van der Waals surface area contributed by atoms with Gasteiger partial charge in [-0.15, -0.1) is 5.10 Å². The van der Waals surface area contributed by atoms with Crippen LogP contribution in [0.2, 0.25) is 0 Å². The summed E-state index contributed by atoms with van der Waals surface area (Å²) in [5, 5.41) is 7.24. The summed E-state index contributed by atoms with van der Waals surface area (Å²) < 4.78 is 6.93. The first-order valence-corrected chi connectivity index (χ1v) is 10.1. The van der Waals surface area contributed by atoms with Crippen molar-refractivity contribution in [3.05, 3.63) is 23.3 Å². The number of carbonyl (C=O) groups is 2. The normalized spacial score (nSPS) is 15.6. The quantitative estimate of drug-likeness (QED) is 0.840. The maximum Gasteiger partial charge on any atom is 0.407 e. The molecule has 2 aromatic heterocycles. The number of fused-ring (bicyclic) bond motifs is 1. The molecule has 3 rings (SSSR count). The maximum atomic E-state index is 12.7. The van der Waals surface area contributed by atoms with E-state index in [2.05, 4.69) is 20.4 Å². The maximum absolute atomic E-state index is 12.7. The number of nitrogens with zero attached hydrogens (tertiary/aromatic N) is 5. The molecule has 0 aromatic carbocycles. The zero-order valence-electron chi connectivity index (χ0n) is 17.9. The van der Waals surface area contributed by atoms with Crippen molar-refractivity contribution in [3.8, 4) is 0 Å². The minimum absolute atomic E-state index is 0.0221. The summed E-state index contributed by atoms with van der Waals surface area (Å²) in [6.07, 6.45) is 1.47. The number of hydrogen-bond donors (Lipinski definition) is 1. The van der Waals surface area contributed by atoms with Crippen LogP contribution in [0.3, 0.4) is 0 Å². The van der Waals surface area contributed by atoms with Crippen LogP contribution in [0.15, 0.2) is 6.07 Å². The summed E-state index contributed by atoms with van der Waals surface area (Å²) in [6.45, 7) is 11.3. The number of nitrogens with one attached hydrogen (secondary N) is 1. The van der Waals surface area contributed by atoms with Crippen LogP contribution in [-0.2, 0) is 16.0 Å². The molecule has 1 aliphatic heterocycles. The molecular weight excluding hydrogens is 372 g/mol. The molecule has 1 aliphatic rings. The van der Waals surface area contributed by atoms with Gasteiger partial charge in [0.1, 0.15) is 5.60 Å². The number of likely N-dealkylation sites (tertiary alicyclic amines) is 1. The van der Waals surface area contributed by atoms with E-state index in [1.165, 1.54) is 0 Å². The lowest BCUT2D eigenvalue weighted by molar-refractivity contribution is -0.132. The molecule has 0 aliphatic carbocycles. The Hall–Kier alpha value is -2.71. The highest BCUT2D eigenvalue weighted by Gasteiger charge is 2.25. The molecule has 0 atom stereocenters. The first kappa shape index (κ1) is 21.0. The number of rotatable bonds is 4. The zero-order valence-corrected chi connectivity index (χ0v) is 17.9. The van der Waals surface area contributed by atoms with Crippen LogP contribution >= 0.6 is 0 Å². The van der Waals surface area contributed by atoms with Crippen molar-refractivity contribution in [3.63, 3.8) is 0 Å². The van der Waals surface area contributed by atoms with Crippen LogP contribution in [-0.4, -0.2) is 61.7 Å². The number of piperidine rings is 1. The van der Waals surface area contributed by atoms with Crippen LogP contribution < -0.4 is 5.32 Å². The van der Waals surface area contributed by atoms with Gasteiger partial charge in [-0.1, -0.05) is 0 Å². The molecule has 0 spiro atoms. The van der Waals surface area contributed by atoms with Crippen molar-refractivity contribution in [2.45, 2.75) is 59.5 Å². The molecule has 158 valence electrons. The van der Waals surface area contributed by atoms with Crippen LogP contribution in [0, 0.1) is 19.8 Å². The van der Waals surface area contributed by atoms with Gasteiger partial charge in [-0.2, -0.15) is 4.98 Å². The number of ether oxygens (including phenoxy) is 1. The summed E-state index contributed by atoms with van der Waals surface area (Å²) in [6, 6.07) is 1.93. The average Bonchev–Trinajstić information content (AvgIpc) is 3.01. The summed E-state index contributed by atoms with van der Waals surface area (Å²) in [4.78, 5) is 35.0. The third-order valence-corrected chi connectivity index (χ3v) is 4.87. The van der Waals surface area contributed by atoms with E-state index in [0.717, 1.165) is 24.2 Å². The van der Waals surface area contributed by atoms with Gasteiger partial charge in [-0.25, -0.2) is 14.3 Å². The minimum atomic E-state index is -0.501. The van der Waals surface area contributed by atoms with Crippen molar-refractivity contribution in [2.75, 3.05) is 19.6 Å². The number of amides is 2. The third-order valence-electron chi connectivity index (χ3n) is 4.87. The number of carbonyl (C=O) groups excluding carboxylic acids is 2. The second-order valence-corrected chi connectivity index (χ2v) is 8.66. The second-order valence-electron chi connectivity index (χ2n) is 8.66. The summed E-state index contributed by atoms with van der Waals surface area (Å²) >= 11 is 0. The Morgan fingerprint density at radius 1 is 1.21 bits per heavy atom. The van der Waals surface area contributed by atoms with Gasteiger partial charge in [-0.05, 0) is 59.4 Å². The molecule has 1 fully saturated rings. The monoisotopic (exact) mass is 402 g/mol. The number of hydrogen-bond acceptors (Lipinski definition) is 6. The van der Waals surface area contributed by atoms with E-state index >= 15 is 0 Å². The fraction of sp³-hybridized carbons (Fsp3) is 0.650. The molecule has 0 bridgehead atoms. The highest BCUT2D eigenvalue weighted by atomic mass is 16.6.